The average molecular weight is 891 g/mol. The molecule has 64 heavy (non-hydrogen) atoms. The van der Waals surface area contributed by atoms with Crippen LogP contribution < -0.4 is 0 Å². The Bertz CT molecular complexity index is 1250. The molecule has 1 atom stereocenters. The van der Waals surface area contributed by atoms with Gasteiger partial charge in [-0.25, -0.2) is 0 Å². The summed E-state index contributed by atoms with van der Waals surface area (Å²) < 4.78 is 16.7. The molecule has 0 aliphatic rings. The van der Waals surface area contributed by atoms with Crippen molar-refractivity contribution in [2.45, 2.75) is 252 Å². The molecule has 366 valence electrons. The van der Waals surface area contributed by atoms with Gasteiger partial charge in [0.1, 0.15) is 13.2 Å². The van der Waals surface area contributed by atoms with E-state index in [-0.39, 0.29) is 31.6 Å². The Morgan fingerprint density at radius 2 is 0.641 bits per heavy atom. The van der Waals surface area contributed by atoms with Gasteiger partial charge in [0.25, 0.3) is 0 Å². The fourth-order valence-electron chi connectivity index (χ4n) is 7.13. The maximum Gasteiger partial charge on any atom is 0.306 e. The van der Waals surface area contributed by atoms with Gasteiger partial charge in [-0.3, -0.25) is 14.4 Å². The van der Waals surface area contributed by atoms with Crippen molar-refractivity contribution in [1.82, 2.24) is 0 Å². The molecule has 0 aliphatic carbocycles. The van der Waals surface area contributed by atoms with Crippen LogP contribution in [0.25, 0.3) is 0 Å². The van der Waals surface area contributed by atoms with Crippen LogP contribution in [0.3, 0.4) is 0 Å². The van der Waals surface area contributed by atoms with Crippen LogP contribution in [0.4, 0.5) is 0 Å². The molecule has 0 aromatic rings. The van der Waals surface area contributed by atoms with Crippen LogP contribution in [-0.4, -0.2) is 37.2 Å². The predicted octanol–water partition coefficient (Wildman–Crippen LogP) is 17.6. The van der Waals surface area contributed by atoms with Gasteiger partial charge in [-0.15, -0.1) is 0 Å². The van der Waals surface area contributed by atoms with E-state index in [2.05, 4.69) is 93.7 Å². The molecule has 0 amide bonds. The molecule has 0 heterocycles. The number of rotatable bonds is 47. The quantitative estimate of drug-likeness (QED) is 0.0262. The molecule has 6 heteroatoms. The van der Waals surface area contributed by atoms with Gasteiger partial charge in [-0.1, -0.05) is 209 Å². The lowest BCUT2D eigenvalue weighted by molar-refractivity contribution is -0.166. The van der Waals surface area contributed by atoms with E-state index in [1.54, 1.807) is 0 Å². The Kier molecular flexibility index (Phi) is 49.4. The molecular formula is C58H98O6. The van der Waals surface area contributed by atoms with Gasteiger partial charge < -0.3 is 14.2 Å². The highest BCUT2D eigenvalue weighted by molar-refractivity contribution is 5.71. The van der Waals surface area contributed by atoms with Crippen LogP contribution >= 0.6 is 0 Å². The van der Waals surface area contributed by atoms with E-state index in [0.29, 0.717) is 19.3 Å². The smallest absolute Gasteiger partial charge is 0.306 e. The van der Waals surface area contributed by atoms with E-state index in [9.17, 15) is 14.4 Å². The Hall–Kier alpha value is -3.41. The average Bonchev–Trinajstić information content (AvgIpc) is 3.29. The third kappa shape index (κ3) is 49.6. The summed E-state index contributed by atoms with van der Waals surface area (Å²) in [6.07, 6.45) is 67.3. The first-order valence-corrected chi connectivity index (χ1v) is 26.6. The normalized spacial score (nSPS) is 12.7. The molecular weight excluding hydrogens is 793 g/mol. The van der Waals surface area contributed by atoms with Crippen molar-refractivity contribution in [1.29, 1.82) is 0 Å². The summed E-state index contributed by atoms with van der Waals surface area (Å²) in [4.78, 5) is 38.0. The molecule has 0 saturated heterocycles. The first-order valence-electron chi connectivity index (χ1n) is 26.6. The van der Waals surface area contributed by atoms with E-state index >= 15 is 0 Å². The van der Waals surface area contributed by atoms with Crippen LogP contribution in [0.15, 0.2) is 85.1 Å². The van der Waals surface area contributed by atoms with Gasteiger partial charge in [0.05, 0.1) is 0 Å². The summed E-state index contributed by atoms with van der Waals surface area (Å²) in [6.45, 7) is 6.42. The molecule has 0 spiro atoms. The summed E-state index contributed by atoms with van der Waals surface area (Å²) in [5, 5.41) is 0. The zero-order valence-corrected chi connectivity index (χ0v) is 41.8. The maximum absolute atomic E-state index is 12.8. The SMILES string of the molecule is CC/C=C\C/C=C\C/C=C\C/C=C\C/C=C\CCC(=O)OC(COC(=O)CCCCCCC/C=C\CCCCC)COC(=O)CCCCCCC/C=C\CCCCCCCCCCC. The third-order valence-electron chi connectivity index (χ3n) is 11.1. The molecule has 0 saturated carbocycles. The van der Waals surface area contributed by atoms with Gasteiger partial charge in [0.15, 0.2) is 6.10 Å². The molecule has 0 aromatic carbocycles. The van der Waals surface area contributed by atoms with Crippen LogP contribution in [0.2, 0.25) is 0 Å². The van der Waals surface area contributed by atoms with Crippen molar-refractivity contribution in [2.24, 2.45) is 0 Å². The van der Waals surface area contributed by atoms with E-state index in [0.717, 1.165) is 96.3 Å². The summed E-state index contributed by atoms with van der Waals surface area (Å²) >= 11 is 0. The maximum atomic E-state index is 12.8. The van der Waals surface area contributed by atoms with Crippen LogP contribution in [0.1, 0.15) is 245 Å². The number of esters is 3. The second-order valence-corrected chi connectivity index (χ2v) is 17.4. The Balaban J connectivity index is 4.48. The Labute approximate surface area is 395 Å². The first-order chi connectivity index (χ1) is 31.5. The number of ether oxygens (including phenoxy) is 3. The van der Waals surface area contributed by atoms with Crippen molar-refractivity contribution in [2.75, 3.05) is 13.2 Å². The van der Waals surface area contributed by atoms with E-state index in [1.165, 1.54) is 103 Å². The summed E-state index contributed by atoms with van der Waals surface area (Å²) in [5.74, 6) is -1.01. The zero-order valence-electron chi connectivity index (χ0n) is 41.8. The van der Waals surface area contributed by atoms with Crippen LogP contribution in [0, 0.1) is 0 Å². The number of unbranched alkanes of at least 4 members (excludes halogenated alkanes) is 22. The van der Waals surface area contributed by atoms with Crippen molar-refractivity contribution in [3.8, 4) is 0 Å². The van der Waals surface area contributed by atoms with Crippen molar-refractivity contribution in [3.05, 3.63) is 85.1 Å². The van der Waals surface area contributed by atoms with E-state index in [4.69, 9.17) is 14.2 Å². The molecule has 0 rings (SSSR count). The summed E-state index contributed by atoms with van der Waals surface area (Å²) in [6, 6.07) is 0. The minimum atomic E-state index is -0.822. The van der Waals surface area contributed by atoms with Gasteiger partial charge in [-0.05, 0) is 103 Å². The molecule has 0 N–H and O–H groups in total. The molecule has 1 unspecified atom stereocenters. The Morgan fingerprint density at radius 1 is 0.328 bits per heavy atom. The van der Waals surface area contributed by atoms with Gasteiger partial charge >= 0.3 is 17.9 Å². The molecule has 0 radical (unpaired) electrons. The fraction of sp³-hybridized carbons (Fsp3) is 0.707. The molecule has 0 aliphatic heterocycles. The number of hydrogen-bond acceptors (Lipinski definition) is 6. The topological polar surface area (TPSA) is 78.9 Å². The lowest BCUT2D eigenvalue weighted by Crippen LogP contribution is -2.30. The van der Waals surface area contributed by atoms with Crippen LogP contribution in [-0.2, 0) is 28.6 Å². The molecule has 0 aromatic heterocycles. The molecule has 0 fully saturated rings. The van der Waals surface area contributed by atoms with E-state index < -0.39 is 12.1 Å². The second kappa shape index (κ2) is 52.2. The third-order valence-corrected chi connectivity index (χ3v) is 11.1. The zero-order chi connectivity index (χ0) is 46.5. The predicted molar refractivity (Wildman–Crippen MR) is 274 cm³/mol. The Morgan fingerprint density at radius 3 is 1.05 bits per heavy atom. The molecule has 6 nitrogen and oxygen atoms in total. The van der Waals surface area contributed by atoms with Gasteiger partial charge in [-0.2, -0.15) is 0 Å². The van der Waals surface area contributed by atoms with Crippen molar-refractivity contribution < 1.29 is 28.6 Å². The monoisotopic (exact) mass is 891 g/mol. The number of carbonyl (C=O) groups is 3. The number of hydrogen-bond donors (Lipinski definition) is 0. The lowest BCUT2D eigenvalue weighted by atomic mass is 10.1. The summed E-state index contributed by atoms with van der Waals surface area (Å²) in [7, 11) is 0. The lowest BCUT2D eigenvalue weighted by Gasteiger charge is -2.18. The number of carbonyl (C=O) groups excluding carboxylic acids is 3. The fourth-order valence-corrected chi connectivity index (χ4v) is 7.13. The minimum absolute atomic E-state index is 0.113. The largest absolute Gasteiger partial charge is 0.462 e. The van der Waals surface area contributed by atoms with Crippen LogP contribution in [0.5, 0.6) is 0 Å². The van der Waals surface area contributed by atoms with E-state index in [1.807, 2.05) is 12.2 Å². The van der Waals surface area contributed by atoms with Crippen molar-refractivity contribution >= 4 is 17.9 Å². The minimum Gasteiger partial charge on any atom is -0.462 e. The highest BCUT2D eigenvalue weighted by atomic mass is 16.6. The van der Waals surface area contributed by atoms with Gasteiger partial charge in [0.2, 0.25) is 0 Å². The first kappa shape index (κ1) is 60.6. The molecule has 0 bridgehead atoms. The number of allylic oxidation sites excluding steroid dienone is 14. The summed E-state index contributed by atoms with van der Waals surface area (Å²) in [5.41, 5.74) is 0. The second-order valence-electron chi connectivity index (χ2n) is 17.4. The van der Waals surface area contributed by atoms with Crippen molar-refractivity contribution in [3.63, 3.8) is 0 Å². The highest BCUT2D eigenvalue weighted by Crippen LogP contribution is 2.14. The highest BCUT2D eigenvalue weighted by Gasteiger charge is 2.19. The standard InChI is InChI=1S/C58H98O6/c1-4-7-10-13-16-19-22-25-27-29-30-32-33-36-39-42-45-48-51-57(60)63-54-55(53-62-56(59)50-47-44-41-38-35-24-21-18-15-12-9-6-3)64-58(61)52-49-46-43-40-37-34-31-28-26-23-20-17-14-11-8-5-2/h8,11,17-18,20-21,26,28,30,32,34,37,43,46,55H,4-7,9-10,12-16,19,22-25,27,29,31,33,35-36,38-42,44-45,47-54H2,1-3H3/b11-8-,20-17-,21-18-,28-26-,32-30-,37-34-,46-43-. The van der Waals surface area contributed by atoms with Gasteiger partial charge in [0, 0.05) is 19.3 Å².